The van der Waals surface area contributed by atoms with E-state index in [0.29, 0.717) is 5.56 Å². The molecule has 0 fully saturated rings. The van der Waals surface area contributed by atoms with Crippen LogP contribution in [-0.2, 0) is 0 Å². The molecule has 0 radical (unpaired) electrons. The molecule has 2 rings (SSSR count). The van der Waals surface area contributed by atoms with Crippen molar-refractivity contribution in [2.45, 2.75) is 13.0 Å². The van der Waals surface area contributed by atoms with Crippen molar-refractivity contribution in [1.82, 2.24) is 5.32 Å². The highest BCUT2D eigenvalue weighted by Crippen LogP contribution is 2.31. The lowest BCUT2D eigenvalue weighted by molar-refractivity contribution is 0.414. The van der Waals surface area contributed by atoms with Gasteiger partial charge in [0, 0.05) is 10.0 Å². The lowest BCUT2D eigenvalue weighted by Crippen LogP contribution is -2.23. The Hall–Kier alpha value is -1.39. The largest absolute Gasteiger partial charge is 0.497 e. The number of nitrogens with one attached hydrogen (secondary N) is 1. The van der Waals surface area contributed by atoms with Gasteiger partial charge in [0.1, 0.15) is 11.6 Å². The molecule has 0 aliphatic heterocycles. The predicted octanol–water partition coefficient (Wildman–Crippen LogP) is 4.30. The maximum Gasteiger partial charge on any atom is 0.129 e. The van der Waals surface area contributed by atoms with Gasteiger partial charge in [-0.15, -0.1) is 0 Å². The van der Waals surface area contributed by atoms with Crippen LogP contribution in [0.1, 0.15) is 24.1 Å². The van der Waals surface area contributed by atoms with Gasteiger partial charge in [0.05, 0.1) is 13.2 Å². The summed E-state index contributed by atoms with van der Waals surface area (Å²) >= 11 is 3.44. The fraction of sp³-hybridized carbons (Fsp3) is 0.250. The van der Waals surface area contributed by atoms with Crippen LogP contribution in [-0.4, -0.2) is 13.7 Å². The maximum atomic E-state index is 14.2. The predicted molar refractivity (Wildman–Crippen MR) is 82.6 cm³/mol. The van der Waals surface area contributed by atoms with E-state index < -0.39 is 0 Å². The zero-order valence-corrected chi connectivity index (χ0v) is 13.1. The number of halogens is 2. The summed E-state index contributed by atoms with van der Waals surface area (Å²) in [6.45, 7) is 2.75. The first-order valence-electron chi connectivity index (χ1n) is 6.48. The highest BCUT2D eigenvalue weighted by Gasteiger charge is 2.19. The van der Waals surface area contributed by atoms with E-state index in [2.05, 4.69) is 21.2 Å². The summed E-state index contributed by atoms with van der Waals surface area (Å²) in [6, 6.07) is 12.5. The Kier molecular flexibility index (Phi) is 5.15. The topological polar surface area (TPSA) is 21.3 Å². The number of rotatable bonds is 5. The van der Waals surface area contributed by atoms with Crippen LogP contribution in [0.25, 0.3) is 0 Å². The summed E-state index contributed by atoms with van der Waals surface area (Å²) in [5, 5.41) is 3.32. The highest BCUT2D eigenvalue weighted by molar-refractivity contribution is 9.10. The number of ether oxygens (including phenoxy) is 1. The van der Waals surface area contributed by atoms with E-state index in [-0.39, 0.29) is 11.9 Å². The maximum absolute atomic E-state index is 14.2. The van der Waals surface area contributed by atoms with Crippen molar-refractivity contribution < 1.29 is 9.13 Å². The van der Waals surface area contributed by atoms with Crippen LogP contribution in [0.4, 0.5) is 4.39 Å². The molecule has 1 N–H and O–H groups in total. The molecule has 20 heavy (non-hydrogen) atoms. The monoisotopic (exact) mass is 337 g/mol. The Morgan fingerprint density at radius 1 is 1.20 bits per heavy atom. The van der Waals surface area contributed by atoms with Crippen LogP contribution < -0.4 is 10.1 Å². The first kappa shape index (κ1) is 15.0. The minimum atomic E-state index is -0.221. The van der Waals surface area contributed by atoms with E-state index >= 15 is 0 Å². The molecular formula is C16H17BrFNO. The third kappa shape index (κ3) is 3.19. The van der Waals surface area contributed by atoms with Gasteiger partial charge in [0.25, 0.3) is 0 Å². The van der Waals surface area contributed by atoms with E-state index in [1.165, 1.54) is 6.07 Å². The van der Waals surface area contributed by atoms with Gasteiger partial charge < -0.3 is 10.1 Å². The van der Waals surface area contributed by atoms with Crippen molar-refractivity contribution in [1.29, 1.82) is 0 Å². The van der Waals surface area contributed by atoms with Crippen molar-refractivity contribution in [3.8, 4) is 5.75 Å². The van der Waals surface area contributed by atoms with Gasteiger partial charge in [-0.05, 0) is 36.4 Å². The van der Waals surface area contributed by atoms with E-state index in [1.807, 2.05) is 37.3 Å². The van der Waals surface area contributed by atoms with Gasteiger partial charge >= 0.3 is 0 Å². The standard InChI is InChI=1S/C16H17BrFNO/c1-3-19-16(11-7-9-12(20-2)10-8-11)15-13(17)5-4-6-14(15)18/h4-10,16,19H,3H2,1-2H3. The molecule has 0 aliphatic carbocycles. The summed E-state index contributed by atoms with van der Waals surface area (Å²) in [4.78, 5) is 0. The number of hydrogen-bond donors (Lipinski definition) is 1. The average molecular weight is 338 g/mol. The zero-order valence-electron chi connectivity index (χ0n) is 11.5. The Balaban J connectivity index is 2.44. The van der Waals surface area contributed by atoms with Gasteiger partial charge in [-0.25, -0.2) is 4.39 Å². The second kappa shape index (κ2) is 6.86. The second-order valence-corrected chi connectivity index (χ2v) is 5.25. The fourth-order valence-corrected chi connectivity index (χ4v) is 2.74. The Morgan fingerprint density at radius 2 is 1.90 bits per heavy atom. The van der Waals surface area contributed by atoms with E-state index in [1.54, 1.807) is 13.2 Å². The quantitative estimate of drug-likeness (QED) is 0.878. The Morgan fingerprint density at radius 3 is 2.45 bits per heavy atom. The molecule has 0 amide bonds. The fourth-order valence-electron chi connectivity index (χ4n) is 2.17. The van der Waals surface area contributed by atoms with Crippen LogP contribution in [0.3, 0.4) is 0 Å². The third-order valence-corrected chi connectivity index (χ3v) is 3.84. The molecule has 0 heterocycles. The van der Waals surface area contributed by atoms with Gasteiger partial charge in [0.2, 0.25) is 0 Å². The molecule has 0 bridgehead atoms. The van der Waals surface area contributed by atoms with Crippen molar-refractivity contribution in [2.24, 2.45) is 0 Å². The van der Waals surface area contributed by atoms with Crippen molar-refractivity contribution >= 4 is 15.9 Å². The van der Waals surface area contributed by atoms with Crippen LogP contribution >= 0.6 is 15.9 Å². The first-order valence-corrected chi connectivity index (χ1v) is 7.28. The van der Waals surface area contributed by atoms with Crippen LogP contribution in [0, 0.1) is 5.82 Å². The van der Waals surface area contributed by atoms with Gasteiger partial charge in [-0.1, -0.05) is 41.1 Å². The van der Waals surface area contributed by atoms with Crippen LogP contribution in [0.5, 0.6) is 5.75 Å². The van der Waals surface area contributed by atoms with Gasteiger partial charge in [-0.3, -0.25) is 0 Å². The molecule has 2 aromatic rings. The molecule has 106 valence electrons. The van der Waals surface area contributed by atoms with Crippen molar-refractivity contribution in [3.05, 3.63) is 63.9 Å². The van der Waals surface area contributed by atoms with E-state index in [4.69, 9.17) is 4.74 Å². The number of methoxy groups -OCH3 is 1. The van der Waals surface area contributed by atoms with Crippen LogP contribution in [0.15, 0.2) is 46.9 Å². The summed E-state index contributed by atoms with van der Waals surface area (Å²) in [6.07, 6.45) is 0. The molecular weight excluding hydrogens is 321 g/mol. The molecule has 1 atom stereocenters. The van der Waals surface area contributed by atoms with Gasteiger partial charge in [-0.2, -0.15) is 0 Å². The lowest BCUT2D eigenvalue weighted by atomic mass is 9.98. The van der Waals surface area contributed by atoms with Crippen molar-refractivity contribution in [2.75, 3.05) is 13.7 Å². The van der Waals surface area contributed by atoms with E-state index in [9.17, 15) is 4.39 Å². The normalized spacial score (nSPS) is 12.2. The molecule has 2 nitrogen and oxygen atoms in total. The minimum absolute atomic E-state index is 0.193. The smallest absolute Gasteiger partial charge is 0.129 e. The molecule has 4 heteroatoms. The number of benzene rings is 2. The zero-order chi connectivity index (χ0) is 14.5. The summed E-state index contributed by atoms with van der Waals surface area (Å²) in [7, 11) is 1.63. The molecule has 0 spiro atoms. The molecule has 0 saturated carbocycles. The van der Waals surface area contributed by atoms with Crippen molar-refractivity contribution in [3.63, 3.8) is 0 Å². The van der Waals surface area contributed by atoms with Crippen LogP contribution in [0.2, 0.25) is 0 Å². The average Bonchev–Trinajstić information content (AvgIpc) is 2.46. The second-order valence-electron chi connectivity index (χ2n) is 4.40. The van der Waals surface area contributed by atoms with E-state index in [0.717, 1.165) is 22.3 Å². The third-order valence-electron chi connectivity index (χ3n) is 3.15. The molecule has 0 saturated heterocycles. The lowest BCUT2D eigenvalue weighted by Gasteiger charge is -2.21. The summed E-state index contributed by atoms with van der Waals surface area (Å²) in [5.41, 5.74) is 1.62. The summed E-state index contributed by atoms with van der Waals surface area (Å²) in [5.74, 6) is 0.567. The minimum Gasteiger partial charge on any atom is -0.497 e. The molecule has 0 aliphatic rings. The highest BCUT2D eigenvalue weighted by atomic mass is 79.9. The SMILES string of the molecule is CCNC(c1ccc(OC)cc1)c1c(F)cccc1Br. The Bertz CT molecular complexity index is 551. The molecule has 1 unspecified atom stereocenters. The van der Waals surface area contributed by atoms with Gasteiger partial charge in [0.15, 0.2) is 0 Å². The number of hydrogen-bond acceptors (Lipinski definition) is 2. The Labute approximate surface area is 127 Å². The summed E-state index contributed by atoms with van der Waals surface area (Å²) < 4.78 is 20.1. The molecule has 0 aromatic heterocycles. The molecule has 2 aromatic carbocycles. The first-order chi connectivity index (χ1) is 9.67.